The van der Waals surface area contributed by atoms with Crippen LogP contribution in [0.2, 0.25) is 0 Å². The lowest BCUT2D eigenvalue weighted by Gasteiger charge is -2.00. The minimum absolute atomic E-state index is 0.156. The molecule has 0 atom stereocenters. The van der Waals surface area contributed by atoms with Crippen LogP contribution in [0.25, 0.3) is 0 Å². The average Bonchev–Trinajstić information content (AvgIpc) is 2.75. The minimum atomic E-state index is -0.787. The Hall–Kier alpha value is -0.540. The van der Waals surface area contributed by atoms with Crippen molar-refractivity contribution in [2.75, 3.05) is 17.3 Å². The first-order chi connectivity index (χ1) is 15.8. The number of hydrogen-bond acceptors (Lipinski definition) is 6. The Morgan fingerprint density at radius 3 is 0.788 bits per heavy atom. The maximum Gasteiger partial charge on any atom is 0.304 e. The van der Waals surface area contributed by atoms with Crippen molar-refractivity contribution in [3.63, 3.8) is 0 Å². The number of thiol groups is 3. The van der Waals surface area contributed by atoms with Gasteiger partial charge in [-0.1, -0.05) is 70.6 Å². The number of carboxylic acids is 3. The van der Waals surface area contributed by atoms with E-state index in [4.69, 9.17) is 15.3 Å². The smallest absolute Gasteiger partial charge is 0.304 e. The second kappa shape index (κ2) is 33.6. The van der Waals surface area contributed by atoms with Gasteiger partial charge in [0.25, 0.3) is 0 Å². The topological polar surface area (TPSA) is 112 Å². The normalized spacial score (nSPS) is 9.91. The molecular formula is C24H48O6S3. The molecule has 0 saturated carbocycles. The van der Waals surface area contributed by atoms with Gasteiger partial charge in [-0.05, 0) is 37.2 Å². The summed E-state index contributed by atoms with van der Waals surface area (Å²) < 4.78 is 0. The van der Waals surface area contributed by atoms with E-state index in [2.05, 4.69) is 37.9 Å². The second-order valence-corrected chi connectivity index (χ2v) is 9.25. The third-order valence-corrected chi connectivity index (χ3v) is 5.53. The third kappa shape index (κ3) is 49.6. The summed E-state index contributed by atoms with van der Waals surface area (Å²) >= 11 is 12.0. The van der Waals surface area contributed by atoms with E-state index in [1.165, 1.54) is 70.6 Å². The monoisotopic (exact) mass is 528 g/mol. The van der Waals surface area contributed by atoms with Crippen LogP contribution in [-0.2, 0) is 14.4 Å². The van der Waals surface area contributed by atoms with Crippen LogP contribution in [-0.4, -0.2) is 50.5 Å². The number of unbranched alkanes of at least 4 members (excludes halogenated alkanes) is 13. The molecule has 0 rings (SSSR count). The van der Waals surface area contributed by atoms with Crippen molar-refractivity contribution in [3.05, 3.63) is 0 Å². The summed E-state index contributed by atoms with van der Waals surface area (Å²) in [5.74, 6) is 0.284. The van der Waals surface area contributed by atoms with E-state index in [0.717, 1.165) is 37.2 Å². The predicted octanol–water partition coefficient (Wildman–Crippen LogP) is 7.02. The Labute approximate surface area is 217 Å². The highest BCUT2D eigenvalue weighted by Gasteiger charge is 1.97. The predicted molar refractivity (Wildman–Crippen MR) is 148 cm³/mol. The number of carboxylic acid groups (broad SMARTS) is 3. The Bertz CT molecular complexity index is 436. The molecule has 0 aromatic carbocycles. The first kappa shape index (κ1) is 37.0. The fourth-order valence-electron chi connectivity index (χ4n) is 2.82. The molecule has 0 unspecified atom stereocenters. The summed E-state index contributed by atoms with van der Waals surface area (Å²) in [4.78, 5) is 29.9. The van der Waals surface area contributed by atoms with Crippen molar-refractivity contribution in [2.45, 2.75) is 116 Å². The van der Waals surface area contributed by atoms with Gasteiger partial charge in [0.2, 0.25) is 0 Å². The molecule has 9 heteroatoms. The van der Waals surface area contributed by atoms with Gasteiger partial charge in [-0.15, -0.1) is 0 Å². The quantitative estimate of drug-likeness (QED) is 0.0705. The Balaban J connectivity index is -0.000000441. The Morgan fingerprint density at radius 2 is 0.606 bits per heavy atom. The number of aliphatic carboxylic acids is 3. The zero-order chi connectivity index (χ0) is 25.6. The third-order valence-electron chi connectivity index (χ3n) is 4.67. The summed E-state index contributed by atoms with van der Waals surface area (Å²) in [7, 11) is 0. The molecule has 0 fully saturated rings. The van der Waals surface area contributed by atoms with Crippen LogP contribution in [0, 0.1) is 0 Å². The van der Waals surface area contributed by atoms with Crippen molar-refractivity contribution >= 4 is 55.8 Å². The highest BCUT2D eigenvalue weighted by atomic mass is 32.1. The first-order valence-electron chi connectivity index (χ1n) is 12.3. The van der Waals surface area contributed by atoms with Gasteiger partial charge in [0.05, 0.1) is 6.42 Å². The van der Waals surface area contributed by atoms with Crippen molar-refractivity contribution < 1.29 is 29.7 Å². The molecule has 0 spiro atoms. The number of hydrogen-bond donors (Lipinski definition) is 6. The van der Waals surface area contributed by atoms with Crippen molar-refractivity contribution in [3.8, 4) is 0 Å². The molecule has 33 heavy (non-hydrogen) atoms. The molecule has 0 saturated heterocycles. The second-order valence-electron chi connectivity index (χ2n) is 7.91. The van der Waals surface area contributed by atoms with Gasteiger partial charge in [-0.2, -0.15) is 37.9 Å². The molecule has 0 radical (unpaired) electrons. The zero-order valence-corrected chi connectivity index (χ0v) is 22.9. The molecule has 0 aromatic rings. The molecule has 0 aliphatic heterocycles. The zero-order valence-electron chi connectivity index (χ0n) is 20.3. The molecule has 198 valence electrons. The van der Waals surface area contributed by atoms with Crippen molar-refractivity contribution in [2.24, 2.45) is 0 Å². The van der Waals surface area contributed by atoms with Gasteiger partial charge in [0, 0.05) is 18.6 Å². The summed E-state index contributed by atoms with van der Waals surface area (Å²) in [5, 5.41) is 24.6. The van der Waals surface area contributed by atoms with E-state index in [1.807, 2.05) is 0 Å². The van der Waals surface area contributed by atoms with E-state index in [9.17, 15) is 14.4 Å². The van der Waals surface area contributed by atoms with Gasteiger partial charge in [0.1, 0.15) is 0 Å². The molecule has 6 nitrogen and oxygen atoms in total. The van der Waals surface area contributed by atoms with Gasteiger partial charge in [-0.3, -0.25) is 14.4 Å². The lowest BCUT2D eigenvalue weighted by Crippen LogP contribution is -1.93. The van der Waals surface area contributed by atoms with Crippen molar-refractivity contribution in [1.82, 2.24) is 0 Å². The fourth-order valence-corrected chi connectivity index (χ4v) is 3.45. The lowest BCUT2D eigenvalue weighted by molar-refractivity contribution is -0.138. The summed E-state index contributed by atoms with van der Waals surface area (Å²) in [6.45, 7) is 0. The van der Waals surface area contributed by atoms with Gasteiger partial charge in [-0.25, -0.2) is 0 Å². The van der Waals surface area contributed by atoms with E-state index in [-0.39, 0.29) is 6.42 Å². The highest BCUT2D eigenvalue weighted by Crippen LogP contribution is 2.10. The van der Waals surface area contributed by atoms with Crippen LogP contribution in [0.15, 0.2) is 0 Å². The molecule has 0 bridgehead atoms. The average molecular weight is 529 g/mol. The van der Waals surface area contributed by atoms with Crippen LogP contribution in [0.4, 0.5) is 0 Å². The standard InChI is InChI=1S/C11H22O2S.C10H20O2S.C3H6O2S/c12-11(13)9-7-5-3-1-2-4-6-8-10-14;11-10(12)8-6-4-2-1-3-5-7-9-13;4-3(5)1-2-6/h14H,1-10H2,(H,12,13);13H,1-9H2,(H,11,12);6H,1-2H2,(H,4,5). The molecule has 3 N–H and O–H groups in total. The number of carbonyl (C=O) groups is 3. The van der Waals surface area contributed by atoms with Gasteiger partial charge in [0.15, 0.2) is 0 Å². The SMILES string of the molecule is O=C(O)CCCCCCCCCCS.O=C(O)CCCCCCCCCS.O=C(O)CCS. The van der Waals surface area contributed by atoms with E-state index >= 15 is 0 Å². The molecular weight excluding hydrogens is 480 g/mol. The number of rotatable bonds is 21. The first-order valence-corrected chi connectivity index (χ1v) is 14.2. The van der Waals surface area contributed by atoms with E-state index < -0.39 is 17.9 Å². The van der Waals surface area contributed by atoms with E-state index in [0.29, 0.717) is 18.6 Å². The lowest BCUT2D eigenvalue weighted by atomic mass is 10.1. The minimum Gasteiger partial charge on any atom is -0.481 e. The molecule has 0 amide bonds. The maximum atomic E-state index is 10.2. The summed E-state index contributed by atoms with van der Waals surface area (Å²) in [6.07, 6.45) is 18.3. The summed E-state index contributed by atoms with van der Waals surface area (Å²) in [6, 6.07) is 0. The molecule has 0 aliphatic rings. The maximum absolute atomic E-state index is 10.2. The van der Waals surface area contributed by atoms with Crippen molar-refractivity contribution in [1.29, 1.82) is 0 Å². The largest absolute Gasteiger partial charge is 0.481 e. The molecule has 0 aromatic heterocycles. The van der Waals surface area contributed by atoms with Gasteiger partial charge >= 0.3 is 17.9 Å². The van der Waals surface area contributed by atoms with E-state index in [1.54, 1.807) is 0 Å². The molecule has 0 aliphatic carbocycles. The van der Waals surface area contributed by atoms with Crippen LogP contribution in [0.5, 0.6) is 0 Å². The Kier molecular flexibility index (Phi) is 37.7. The van der Waals surface area contributed by atoms with Gasteiger partial charge < -0.3 is 15.3 Å². The highest BCUT2D eigenvalue weighted by molar-refractivity contribution is 7.80. The Morgan fingerprint density at radius 1 is 0.364 bits per heavy atom. The molecule has 0 heterocycles. The van der Waals surface area contributed by atoms with Crippen LogP contribution in [0.1, 0.15) is 116 Å². The summed E-state index contributed by atoms with van der Waals surface area (Å²) in [5.41, 5.74) is 0. The fraction of sp³-hybridized carbons (Fsp3) is 0.875. The van der Waals surface area contributed by atoms with Crippen LogP contribution < -0.4 is 0 Å². The van der Waals surface area contributed by atoms with Crippen LogP contribution >= 0.6 is 37.9 Å². The van der Waals surface area contributed by atoms with Crippen LogP contribution in [0.3, 0.4) is 0 Å².